The Morgan fingerprint density at radius 3 is 1.35 bits per heavy atom. The summed E-state index contributed by atoms with van der Waals surface area (Å²) in [5.41, 5.74) is 8.96. The molecule has 43 heavy (non-hydrogen) atoms. The van der Waals surface area contributed by atoms with Gasteiger partial charge in [-0.05, 0) is 78.1 Å². The molecule has 0 bridgehead atoms. The molecule has 0 aromatic heterocycles. The molecule has 0 fully saturated rings. The van der Waals surface area contributed by atoms with Gasteiger partial charge < -0.3 is 9.64 Å². The van der Waals surface area contributed by atoms with Gasteiger partial charge in [0.05, 0.1) is 12.3 Å². The van der Waals surface area contributed by atoms with E-state index in [0.717, 1.165) is 33.9 Å². The number of aryl methyl sites for hydroxylation is 1. The fraction of sp³-hybridized carbons (Fsp3) is 0.0732. The number of nitrogens with zero attached hydrogens (tertiary/aromatic N) is 1. The smallest absolute Gasteiger partial charge is 0.143 e. The van der Waals surface area contributed by atoms with Crippen LogP contribution in [0, 0.1) is 6.92 Å². The van der Waals surface area contributed by atoms with Crippen molar-refractivity contribution in [2.75, 3.05) is 11.5 Å². The zero-order chi connectivity index (χ0) is 29.7. The van der Waals surface area contributed by atoms with E-state index >= 15 is 0 Å². The fourth-order valence-electron chi connectivity index (χ4n) is 4.77. The molecule has 0 unspecified atom stereocenters. The number of hydrogen-bond donors (Lipinski definition) is 0. The van der Waals surface area contributed by atoms with Gasteiger partial charge >= 0.3 is 0 Å². The standard InChI is InChI=1S/C41H37NO/c1-3-43-41-32-33(2)22-31-40(41)42(38-27-23-36(24-28-38)20-12-10-18-34-14-6-4-7-15-34)39-29-25-37(26-30-39)21-13-11-19-35-16-8-5-9-17-35/h4-32H,3H2,1-2H3/b18-10+,19-11+,20-12+,21-13+. The van der Waals surface area contributed by atoms with Crippen molar-refractivity contribution < 1.29 is 4.74 Å². The third kappa shape index (κ3) is 8.34. The zero-order valence-corrected chi connectivity index (χ0v) is 24.8. The van der Waals surface area contributed by atoms with E-state index in [2.05, 4.69) is 151 Å². The highest BCUT2D eigenvalue weighted by atomic mass is 16.5. The Bertz CT molecular complexity index is 1590. The van der Waals surface area contributed by atoms with Gasteiger partial charge in [-0.15, -0.1) is 0 Å². The maximum Gasteiger partial charge on any atom is 0.143 e. The third-order valence-electron chi connectivity index (χ3n) is 6.93. The fourth-order valence-corrected chi connectivity index (χ4v) is 4.77. The number of benzene rings is 5. The van der Waals surface area contributed by atoms with Gasteiger partial charge in [-0.1, -0.05) is 140 Å². The van der Waals surface area contributed by atoms with Gasteiger partial charge in [-0.2, -0.15) is 0 Å². The van der Waals surface area contributed by atoms with Crippen LogP contribution in [0.25, 0.3) is 24.3 Å². The summed E-state index contributed by atoms with van der Waals surface area (Å²) in [5, 5.41) is 0. The summed E-state index contributed by atoms with van der Waals surface area (Å²) in [6.45, 7) is 4.72. The normalized spacial score (nSPS) is 11.7. The van der Waals surface area contributed by atoms with E-state index in [1.165, 1.54) is 16.7 Å². The van der Waals surface area contributed by atoms with Gasteiger partial charge in [0.15, 0.2) is 0 Å². The number of anilines is 3. The molecular formula is C41H37NO. The van der Waals surface area contributed by atoms with Crippen LogP contribution in [0.4, 0.5) is 17.1 Å². The average Bonchev–Trinajstić information content (AvgIpc) is 3.05. The lowest BCUT2D eigenvalue weighted by Crippen LogP contribution is -2.12. The lowest BCUT2D eigenvalue weighted by Gasteiger charge is -2.27. The van der Waals surface area contributed by atoms with Crippen LogP contribution in [0.2, 0.25) is 0 Å². The Balaban J connectivity index is 1.39. The predicted octanol–water partition coefficient (Wildman–Crippen LogP) is 11.3. The van der Waals surface area contributed by atoms with Gasteiger partial charge in [0.1, 0.15) is 5.75 Å². The maximum atomic E-state index is 6.11. The van der Waals surface area contributed by atoms with Crippen molar-refractivity contribution in [3.63, 3.8) is 0 Å². The van der Waals surface area contributed by atoms with E-state index < -0.39 is 0 Å². The SMILES string of the molecule is CCOc1cc(C)ccc1N(c1ccc(/C=C/C=C/c2ccccc2)cc1)c1ccc(/C=C/C=C/c2ccccc2)cc1. The van der Waals surface area contributed by atoms with E-state index in [9.17, 15) is 0 Å². The second-order valence-electron chi connectivity index (χ2n) is 10.2. The maximum absolute atomic E-state index is 6.11. The lowest BCUT2D eigenvalue weighted by molar-refractivity contribution is 0.341. The van der Waals surface area contributed by atoms with Gasteiger partial charge in [0, 0.05) is 11.4 Å². The first kappa shape index (κ1) is 29.2. The minimum Gasteiger partial charge on any atom is -0.492 e. The molecule has 0 aliphatic carbocycles. The average molecular weight is 560 g/mol. The van der Waals surface area contributed by atoms with Crippen molar-refractivity contribution in [2.45, 2.75) is 13.8 Å². The van der Waals surface area contributed by atoms with Crippen molar-refractivity contribution >= 4 is 41.4 Å². The van der Waals surface area contributed by atoms with Crippen molar-refractivity contribution in [1.29, 1.82) is 0 Å². The molecule has 0 atom stereocenters. The first-order valence-corrected chi connectivity index (χ1v) is 14.7. The number of rotatable bonds is 11. The lowest BCUT2D eigenvalue weighted by atomic mass is 10.1. The van der Waals surface area contributed by atoms with E-state index in [1.807, 2.05) is 43.3 Å². The summed E-state index contributed by atoms with van der Waals surface area (Å²) in [7, 11) is 0. The number of hydrogen-bond acceptors (Lipinski definition) is 2. The monoisotopic (exact) mass is 559 g/mol. The highest BCUT2D eigenvalue weighted by Gasteiger charge is 2.17. The van der Waals surface area contributed by atoms with Crippen molar-refractivity contribution in [3.8, 4) is 5.75 Å². The molecule has 5 aromatic rings. The summed E-state index contributed by atoms with van der Waals surface area (Å²) in [6, 6.07) is 44.3. The van der Waals surface area contributed by atoms with E-state index in [1.54, 1.807) is 0 Å². The summed E-state index contributed by atoms with van der Waals surface area (Å²) in [4.78, 5) is 2.26. The van der Waals surface area contributed by atoms with Crippen LogP contribution in [-0.2, 0) is 0 Å². The topological polar surface area (TPSA) is 12.5 Å². The van der Waals surface area contributed by atoms with Crippen LogP contribution >= 0.6 is 0 Å². The quantitative estimate of drug-likeness (QED) is 0.149. The molecule has 0 saturated heterocycles. The second-order valence-corrected chi connectivity index (χ2v) is 10.2. The highest BCUT2D eigenvalue weighted by molar-refractivity contribution is 5.81. The molecule has 2 nitrogen and oxygen atoms in total. The molecule has 5 aromatic carbocycles. The Labute approximate surface area is 256 Å². The van der Waals surface area contributed by atoms with Crippen molar-refractivity contribution in [2.24, 2.45) is 0 Å². The summed E-state index contributed by atoms with van der Waals surface area (Å²) in [5.74, 6) is 0.868. The van der Waals surface area contributed by atoms with Crippen LogP contribution in [0.3, 0.4) is 0 Å². The van der Waals surface area contributed by atoms with Gasteiger partial charge in [-0.3, -0.25) is 0 Å². The zero-order valence-electron chi connectivity index (χ0n) is 24.8. The minimum absolute atomic E-state index is 0.602. The summed E-state index contributed by atoms with van der Waals surface area (Å²) >= 11 is 0. The largest absolute Gasteiger partial charge is 0.492 e. The van der Waals surface area contributed by atoms with Crippen LogP contribution in [0.5, 0.6) is 5.75 Å². The summed E-state index contributed by atoms with van der Waals surface area (Å²) in [6.07, 6.45) is 16.8. The molecule has 0 spiro atoms. The van der Waals surface area contributed by atoms with Crippen LogP contribution in [0.1, 0.15) is 34.7 Å². The second kappa shape index (κ2) is 15.0. The summed E-state index contributed by atoms with van der Waals surface area (Å²) < 4.78 is 6.11. The predicted molar refractivity (Wildman–Crippen MR) is 186 cm³/mol. The van der Waals surface area contributed by atoms with Gasteiger partial charge in [-0.25, -0.2) is 0 Å². The third-order valence-corrected chi connectivity index (χ3v) is 6.93. The molecule has 5 rings (SSSR count). The van der Waals surface area contributed by atoms with Crippen molar-refractivity contribution in [3.05, 3.63) is 180 Å². The number of ether oxygens (including phenoxy) is 1. The molecule has 0 amide bonds. The highest BCUT2D eigenvalue weighted by Crippen LogP contribution is 2.40. The van der Waals surface area contributed by atoms with Crippen LogP contribution in [0.15, 0.2) is 152 Å². The minimum atomic E-state index is 0.602. The molecule has 212 valence electrons. The van der Waals surface area contributed by atoms with Crippen LogP contribution in [-0.4, -0.2) is 6.61 Å². The Morgan fingerprint density at radius 2 is 0.930 bits per heavy atom. The Morgan fingerprint density at radius 1 is 0.512 bits per heavy atom. The van der Waals surface area contributed by atoms with E-state index in [-0.39, 0.29) is 0 Å². The molecule has 0 radical (unpaired) electrons. The first-order chi connectivity index (χ1) is 21.2. The Hall–Kier alpha value is -5.34. The van der Waals surface area contributed by atoms with Gasteiger partial charge in [0.2, 0.25) is 0 Å². The molecule has 2 heteroatoms. The van der Waals surface area contributed by atoms with Gasteiger partial charge in [0.25, 0.3) is 0 Å². The van der Waals surface area contributed by atoms with Crippen LogP contribution < -0.4 is 9.64 Å². The Kier molecular flexibility index (Phi) is 10.2. The van der Waals surface area contributed by atoms with Crippen molar-refractivity contribution in [1.82, 2.24) is 0 Å². The first-order valence-electron chi connectivity index (χ1n) is 14.7. The molecule has 0 heterocycles. The molecular weight excluding hydrogens is 522 g/mol. The molecule has 0 aliphatic rings. The molecule has 0 N–H and O–H groups in total. The van der Waals surface area contributed by atoms with E-state index in [4.69, 9.17) is 4.74 Å². The number of allylic oxidation sites excluding steroid dienone is 4. The van der Waals surface area contributed by atoms with E-state index in [0.29, 0.717) is 6.61 Å². The molecule has 0 saturated carbocycles. The molecule has 0 aliphatic heterocycles.